The summed E-state index contributed by atoms with van der Waals surface area (Å²) in [5.74, 6) is -0.696. The van der Waals surface area contributed by atoms with E-state index in [0.717, 1.165) is 22.9 Å². The van der Waals surface area contributed by atoms with E-state index in [4.69, 9.17) is 27.9 Å². The zero-order valence-corrected chi connectivity index (χ0v) is 26.6. The Kier molecular flexibility index (Phi) is 8.30. The number of carbonyl (C=O) groups is 2. The van der Waals surface area contributed by atoms with Crippen molar-refractivity contribution in [1.29, 1.82) is 0 Å². The van der Waals surface area contributed by atoms with Crippen LogP contribution in [0.15, 0.2) is 58.2 Å². The molecule has 3 aromatic rings. The summed E-state index contributed by atoms with van der Waals surface area (Å²) in [4.78, 5) is 31.9. The molecule has 41 heavy (non-hydrogen) atoms. The van der Waals surface area contributed by atoms with Gasteiger partial charge in [-0.1, -0.05) is 57.7 Å². The molecule has 0 spiro atoms. The Morgan fingerprint density at radius 2 is 1.78 bits per heavy atom. The number of anilines is 2. The number of amides is 1. The molecule has 1 aliphatic heterocycles. The van der Waals surface area contributed by atoms with E-state index in [2.05, 4.69) is 20.9 Å². The van der Waals surface area contributed by atoms with Gasteiger partial charge in [0.05, 0.1) is 17.9 Å². The Hall–Kier alpha value is -2.44. The quantitative estimate of drug-likeness (QED) is 0.280. The minimum absolute atomic E-state index is 0.134. The minimum Gasteiger partial charge on any atom is -0.461 e. The molecule has 0 saturated heterocycles. The summed E-state index contributed by atoms with van der Waals surface area (Å²) in [7, 11) is -2.72. The number of esters is 1. The zero-order chi connectivity index (χ0) is 29.7. The lowest BCUT2D eigenvalue weighted by Crippen LogP contribution is -2.49. The lowest BCUT2D eigenvalue weighted by molar-refractivity contribution is -0.150. The van der Waals surface area contributed by atoms with Crippen LogP contribution in [0.3, 0.4) is 0 Å². The van der Waals surface area contributed by atoms with Crippen LogP contribution < -0.4 is 4.90 Å². The first-order valence-electron chi connectivity index (χ1n) is 13.1. The van der Waals surface area contributed by atoms with Crippen molar-refractivity contribution in [3.8, 4) is 0 Å². The molecule has 13 heteroatoms. The second-order valence-electron chi connectivity index (χ2n) is 10.6. The average Bonchev–Trinajstić information content (AvgIpc) is 3.43. The van der Waals surface area contributed by atoms with Crippen LogP contribution in [0.1, 0.15) is 45.1 Å². The number of hydrogen-bond donors (Lipinski definition) is 0. The molecule has 2 aliphatic rings. The fourth-order valence-corrected chi connectivity index (χ4v) is 8.15. The third-order valence-electron chi connectivity index (χ3n) is 7.73. The van der Waals surface area contributed by atoms with E-state index in [1.807, 2.05) is 24.3 Å². The van der Waals surface area contributed by atoms with Crippen LogP contribution in [0, 0.1) is 0 Å². The van der Waals surface area contributed by atoms with Crippen LogP contribution in [0.4, 0.5) is 11.6 Å². The number of rotatable bonds is 7. The number of sulfonamides is 1. The first kappa shape index (κ1) is 30.0. The van der Waals surface area contributed by atoms with Gasteiger partial charge in [-0.2, -0.15) is 4.31 Å². The van der Waals surface area contributed by atoms with Crippen LogP contribution in [0.5, 0.6) is 0 Å². The highest BCUT2D eigenvalue weighted by Gasteiger charge is 2.52. The Morgan fingerprint density at radius 1 is 1.15 bits per heavy atom. The standard InChI is InChI=1S/C28H29BrCl2N4O5S/c1-17(36)40-24-7-5-4-6-23(24)33(3)41(38,39)25-16-32-27-34(22-13-20(30)12-21(31)14-22)26(37)28(2,35(25)27)15-18-8-10-19(29)11-9-18/h8-14,16,23-24H,4-7,15H2,1-3H3/t23?,24-,28-/m1/s1. The normalized spacial score (nSPS) is 22.7. The maximum absolute atomic E-state index is 14.3. The van der Waals surface area contributed by atoms with Crippen LogP contribution in [0.2, 0.25) is 10.0 Å². The molecule has 1 aliphatic carbocycles. The van der Waals surface area contributed by atoms with Gasteiger partial charge in [-0.25, -0.2) is 18.3 Å². The summed E-state index contributed by atoms with van der Waals surface area (Å²) in [6.07, 6.45) is 3.64. The molecule has 1 fully saturated rings. The third-order valence-corrected chi connectivity index (χ3v) is 10.5. The van der Waals surface area contributed by atoms with Gasteiger partial charge in [-0.3, -0.25) is 14.2 Å². The molecule has 5 rings (SSSR count). The Balaban J connectivity index is 1.64. The Labute approximate surface area is 257 Å². The van der Waals surface area contributed by atoms with Gasteiger partial charge >= 0.3 is 5.97 Å². The third kappa shape index (κ3) is 5.54. The number of carbonyl (C=O) groups excluding carboxylic acids is 2. The van der Waals surface area contributed by atoms with Gasteiger partial charge in [-0.15, -0.1) is 0 Å². The SMILES string of the molecule is CC(=O)O[C@@H]1CCCCC1N(C)S(=O)(=O)c1cnc2n1[C@](C)(Cc1ccc(Br)cc1)C(=O)N2c1cc(Cl)cc(Cl)c1. The van der Waals surface area contributed by atoms with E-state index in [1.54, 1.807) is 25.1 Å². The molecule has 9 nitrogen and oxygen atoms in total. The van der Waals surface area contributed by atoms with Gasteiger partial charge in [0, 0.05) is 34.9 Å². The number of likely N-dealkylation sites (N-methyl/N-ethyl adjacent to an activating group) is 1. The van der Waals surface area contributed by atoms with Crippen molar-refractivity contribution in [2.45, 2.75) is 68.7 Å². The number of imidazole rings is 1. The van der Waals surface area contributed by atoms with Crippen molar-refractivity contribution >= 4 is 72.7 Å². The molecule has 2 heterocycles. The van der Waals surface area contributed by atoms with E-state index in [9.17, 15) is 18.0 Å². The van der Waals surface area contributed by atoms with Crippen molar-refractivity contribution in [1.82, 2.24) is 13.9 Å². The topological polar surface area (TPSA) is 102 Å². The lowest BCUT2D eigenvalue weighted by atomic mass is 9.92. The monoisotopic (exact) mass is 682 g/mol. The maximum Gasteiger partial charge on any atom is 0.302 e. The Morgan fingerprint density at radius 3 is 2.41 bits per heavy atom. The first-order chi connectivity index (χ1) is 19.3. The van der Waals surface area contributed by atoms with E-state index in [-0.39, 0.29) is 23.3 Å². The van der Waals surface area contributed by atoms with Crippen LogP contribution in [-0.2, 0) is 36.3 Å². The molecule has 1 aromatic heterocycles. The minimum atomic E-state index is -4.20. The smallest absolute Gasteiger partial charge is 0.302 e. The summed E-state index contributed by atoms with van der Waals surface area (Å²) in [5.41, 5.74) is -0.161. The molecule has 2 aromatic carbocycles. The predicted molar refractivity (Wildman–Crippen MR) is 160 cm³/mol. The number of halogens is 3. The van der Waals surface area contributed by atoms with E-state index >= 15 is 0 Å². The molecular weight excluding hydrogens is 655 g/mol. The van der Waals surface area contributed by atoms with Crippen LogP contribution >= 0.6 is 39.1 Å². The number of aromatic nitrogens is 2. The van der Waals surface area contributed by atoms with Crippen molar-refractivity contribution in [2.24, 2.45) is 0 Å². The highest BCUT2D eigenvalue weighted by molar-refractivity contribution is 9.10. The molecule has 3 atom stereocenters. The fourth-order valence-electron chi connectivity index (χ4n) is 5.78. The van der Waals surface area contributed by atoms with Crippen molar-refractivity contribution in [2.75, 3.05) is 11.9 Å². The molecule has 1 saturated carbocycles. The summed E-state index contributed by atoms with van der Waals surface area (Å²) in [6.45, 7) is 3.02. The molecule has 0 bridgehead atoms. The number of benzene rings is 2. The molecule has 218 valence electrons. The summed E-state index contributed by atoms with van der Waals surface area (Å²) >= 11 is 16.0. The van der Waals surface area contributed by atoms with Gasteiger partial charge in [0.2, 0.25) is 5.95 Å². The predicted octanol–water partition coefficient (Wildman–Crippen LogP) is 6.08. The largest absolute Gasteiger partial charge is 0.461 e. The number of fused-ring (bicyclic) bond motifs is 1. The van der Waals surface area contributed by atoms with Gasteiger partial charge in [0.1, 0.15) is 11.6 Å². The zero-order valence-electron chi connectivity index (χ0n) is 22.7. The van der Waals surface area contributed by atoms with Crippen molar-refractivity contribution < 1.29 is 22.7 Å². The highest BCUT2D eigenvalue weighted by atomic mass is 79.9. The van der Waals surface area contributed by atoms with Crippen LogP contribution in [-0.4, -0.2) is 53.3 Å². The van der Waals surface area contributed by atoms with E-state index < -0.39 is 33.7 Å². The molecule has 0 N–H and O–H groups in total. The van der Waals surface area contributed by atoms with Crippen molar-refractivity contribution in [3.05, 3.63) is 68.7 Å². The maximum atomic E-state index is 14.3. The average molecular weight is 684 g/mol. The van der Waals surface area contributed by atoms with Gasteiger partial charge in [0.25, 0.3) is 15.9 Å². The second-order valence-corrected chi connectivity index (χ2v) is 14.3. The molecular formula is C28H29BrCl2N4O5S. The number of nitrogens with zero attached hydrogens (tertiary/aromatic N) is 4. The summed E-state index contributed by atoms with van der Waals surface area (Å²) in [6, 6.07) is 11.7. The van der Waals surface area contributed by atoms with E-state index in [1.165, 1.54) is 33.9 Å². The highest BCUT2D eigenvalue weighted by Crippen LogP contribution is 2.45. The van der Waals surface area contributed by atoms with Crippen LogP contribution in [0.25, 0.3) is 0 Å². The lowest BCUT2D eigenvalue weighted by Gasteiger charge is -2.36. The molecule has 1 amide bonds. The van der Waals surface area contributed by atoms with Gasteiger partial charge in [0.15, 0.2) is 5.03 Å². The van der Waals surface area contributed by atoms with E-state index in [0.29, 0.717) is 28.6 Å². The second kappa shape index (κ2) is 11.3. The number of hydrogen-bond acceptors (Lipinski definition) is 6. The van der Waals surface area contributed by atoms with Crippen molar-refractivity contribution in [3.63, 3.8) is 0 Å². The van der Waals surface area contributed by atoms with Gasteiger partial charge in [-0.05, 0) is 62.1 Å². The molecule has 0 radical (unpaired) electrons. The summed E-state index contributed by atoms with van der Waals surface area (Å²) in [5, 5.41) is 0.508. The van der Waals surface area contributed by atoms with Gasteiger partial charge < -0.3 is 4.74 Å². The summed E-state index contributed by atoms with van der Waals surface area (Å²) < 4.78 is 37.7. The first-order valence-corrected chi connectivity index (χ1v) is 16.1. The molecule has 1 unspecified atom stereocenters. The number of ether oxygens (including phenoxy) is 1. The Bertz CT molecular complexity index is 1590. The fraction of sp³-hybridized carbons (Fsp3) is 0.393.